The van der Waals surface area contributed by atoms with Crippen LogP contribution in [-0.4, -0.2) is 37.4 Å². The lowest BCUT2D eigenvalue weighted by Crippen LogP contribution is -2.26. The van der Waals surface area contributed by atoms with E-state index in [1.165, 1.54) is 16.9 Å². The standard InChI is InChI=1S/C13H14IN3O4/c1-13(2,3)21-9(18)6-17-11-8(10(14)16-17)4-7(5-15-11)12(19)20/h4-5H,6H2,1-3H3,(H,19,20). The van der Waals surface area contributed by atoms with E-state index in [0.29, 0.717) is 14.7 Å². The highest BCUT2D eigenvalue weighted by Crippen LogP contribution is 2.20. The van der Waals surface area contributed by atoms with E-state index < -0.39 is 17.5 Å². The molecule has 8 heteroatoms. The number of carboxylic acids is 1. The van der Waals surface area contributed by atoms with Crippen molar-refractivity contribution in [2.45, 2.75) is 32.9 Å². The second-order valence-electron chi connectivity index (χ2n) is 5.44. The number of esters is 1. The summed E-state index contributed by atoms with van der Waals surface area (Å²) in [5.74, 6) is -1.48. The van der Waals surface area contributed by atoms with Crippen molar-refractivity contribution >= 4 is 45.6 Å². The number of fused-ring (bicyclic) bond motifs is 1. The quantitative estimate of drug-likeness (QED) is 0.623. The maximum Gasteiger partial charge on any atom is 0.337 e. The second kappa shape index (κ2) is 5.58. The number of rotatable bonds is 3. The molecule has 0 saturated heterocycles. The maximum atomic E-state index is 11.8. The molecule has 0 radical (unpaired) electrons. The largest absolute Gasteiger partial charge is 0.478 e. The molecule has 0 saturated carbocycles. The molecule has 112 valence electrons. The summed E-state index contributed by atoms with van der Waals surface area (Å²) in [6, 6.07) is 1.49. The first-order valence-electron chi connectivity index (χ1n) is 6.14. The predicted octanol–water partition coefficient (Wildman–Crippen LogP) is 2.08. The smallest absolute Gasteiger partial charge is 0.337 e. The zero-order chi connectivity index (χ0) is 15.8. The molecule has 0 atom stereocenters. The van der Waals surface area contributed by atoms with Crippen LogP contribution in [-0.2, 0) is 16.1 Å². The minimum Gasteiger partial charge on any atom is -0.478 e. The highest BCUT2D eigenvalue weighted by Gasteiger charge is 2.19. The van der Waals surface area contributed by atoms with E-state index in [-0.39, 0.29) is 12.1 Å². The van der Waals surface area contributed by atoms with Crippen LogP contribution in [0.25, 0.3) is 11.0 Å². The molecule has 2 aromatic rings. The van der Waals surface area contributed by atoms with E-state index in [2.05, 4.69) is 10.1 Å². The van der Waals surface area contributed by atoms with Gasteiger partial charge in [-0.2, -0.15) is 5.10 Å². The fourth-order valence-corrected chi connectivity index (χ4v) is 2.40. The number of carbonyl (C=O) groups is 2. The molecule has 2 rings (SSSR count). The van der Waals surface area contributed by atoms with Crippen molar-refractivity contribution in [2.75, 3.05) is 0 Å². The topological polar surface area (TPSA) is 94.3 Å². The van der Waals surface area contributed by atoms with Crippen molar-refractivity contribution in [3.05, 3.63) is 21.5 Å². The highest BCUT2D eigenvalue weighted by atomic mass is 127. The minimum absolute atomic E-state index is 0.0732. The molecular weight excluding hydrogens is 389 g/mol. The Kier molecular flexibility index (Phi) is 4.17. The van der Waals surface area contributed by atoms with Gasteiger partial charge in [-0.25, -0.2) is 14.5 Å². The maximum absolute atomic E-state index is 11.8. The molecular formula is C13H14IN3O4. The number of aromatic carboxylic acids is 1. The second-order valence-corrected chi connectivity index (χ2v) is 6.46. The van der Waals surface area contributed by atoms with Crippen LogP contribution in [0.5, 0.6) is 0 Å². The number of carboxylic acid groups (broad SMARTS) is 1. The molecule has 0 fully saturated rings. The lowest BCUT2D eigenvalue weighted by atomic mass is 10.2. The molecule has 0 aromatic carbocycles. The Morgan fingerprint density at radius 2 is 2.10 bits per heavy atom. The summed E-state index contributed by atoms with van der Waals surface area (Å²) in [7, 11) is 0. The molecule has 0 aliphatic heterocycles. The number of carbonyl (C=O) groups excluding carboxylic acids is 1. The van der Waals surface area contributed by atoms with Gasteiger partial charge in [0.1, 0.15) is 15.8 Å². The van der Waals surface area contributed by atoms with Gasteiger partial charge in [0.15, 0.2) is 5.65 Å². The number of aromatic nitrogens is 3. The van der Waals surface area contributed by atoms with E-state index in [1.54, 1.807) is 20.8 Å². The average molecular weight is 403 g/mol. The average Bonchev–Trinajstić information content (AvgIpc) is 2.63. The molecule has 0 unspecified atom stereocenters. The Bertz CT molecular complexity index is 718. The molecule has 0 amide bonds. The summed E-state index contributed by atoms with van der Waals surface area (Å²) in [5.41, 5.74) is -0.0376. The minimum atomic E-state index is -1.06. The number of hydrogen-bond donors (Lipinski definition) is 1. The van der Waals surface area contributed by atoms with Gasteiger partial charge in [-0.15, -0.1) is 0 Å². The van der Waals surface area contributed by atoms with Gasteiger partial charge in [-0.1, -0.05) is 0 Å². The number of halogens is 1. The van der Waals surface area contributed by atoms with Gasteiger partial charge in [0, 0.05) is 6.20 Å². The number of ether oxygens (including phenoxy) is 1. The highest BCUT2D eigenvalue weighted by molar-refractivity contribution is 14.1. The zero-order valence-corrected chi connectivity index (χ0v) is 13.9. The third kappa shape index (κ3) is 3.69. The van der Waals surface area contributed by atoms with Gasteiger partial charge >= 0.3 is 11.9 Å². The van der Waals surface area contributed by atoms with Crippen LogP contribution in [0, 0.1) is 3.70 Å². The van der Waals surface area contributed by atoms with Crippen molar-refractivity contribution in [3.8, 4) is 0 Å². The first kappa shape index (κ1) is 15.7. The van der Waals surface area contributed by atoms with Crippen molar-refractivity contribution in [3.63, 3.8) is 0 Å². The number of pyridine rings is 1. The molecule has 2 aromatic heterocycles. The molecule has 21 heavy (non-hydrogen) atoms. The molecule has 0 aliphatic rings. The third-order valence-electron chi connectivity index (χ3n) is 2.49. The van der Waals surface area contributed by atoms with Gasteiger partial charge in [-0.3, -0.25) is 4.79 Å². The summed E-state index contributed by atoms with van der Waals surface area (Å²) in [5, 5.41) is 13.8. The van der Waals surface area contributed by atoms with Crippen molar-refractivity contribution in [2.24, 2.45) is 0 Å². The fraction of sp³-hybridized carbons (Fsp3) is 0.385. The summed E-state index contributed by atoms with van der Waals surface area (Å²) >= 11 is 1.98. The Morgan fingerprint density at radius 1 is 1.43 bits per heavy atom. The lowest BCUT2D eigenvalue weighted by Gasteiger charge is -2.19. The number of hydrogen-bond acceptors (Lipinski definition) is 5. The van der Waals surface area contributed by atoms with Crippen molar-refractivity contribution < 1.29 is 19.4 Å². The van der Waals surface area contributed by atoms with Crippen LogP contribution in [0.1, 0.15) is 31.1 Å². The SMILES string of the molecule is CC(C)(C)OC(=O)Cn1nc(I)c2cc(C(=O)O)cnc21. The van der Waals surface area contributed by atoms with E-state index in [1.807, 2.05) is 22.6 Å². The molecule has 0 bridgehead atoms. The summed E-state index contributed by atoms with van der Waals surface area (Å²) in [6.45, 7) is 5.28. The Labute approximate surface area is 134 Å². The van der Waals surface area contributed by atoms with Gasteiger partial charge in [0.05, 0.1) is 10.9 Å². The molecule has 1 N–H and O–H groups in total. The zero-order valence-electron chi connectivity index (χ0n) is 11.8. The van der Waals surface area contributed by atoms with Crippen LogP contribution >= 0.6 is 22.6 Å². The van der Waals surface area contributed by atoms with Gasteiger partial charge in [0.2, 0.25) is 0 Å². The Balaban J connectivity index is 2.34. The molecule has 7 nitrogen and oxygen atoms in total. The van der Waals surface area contributed by atoms with Crippen LogP contribution in [0.2, 0.25) is 0 Å². The summed E-state index contributed by atoms with van der Waals surface area (Å²) in [4.78, 5) is 26.9. The number of nitrogens with zero attached hydrogens (tertiary/aromatic N) is 3. The predicted molar refractivity (Wildman–Crippen MR) is 83.0 cm³/mol. The van der Waals surface area contributed by atoms with Crippen LogP contribution in [0.3, 0.4) is 0 Å². The molecule has 0 spiro atoms. The lowest BCUT2D eigenvalue weighted by molar-refractivity contribution is -0.155. The van der Waals surface area contributed by atoms with Crippen LogP contribution < -0.4 is 0 Å². The van der Waals surface area contributed by atoms with Crippen LogP contribution in [0.4, 0.5) is 0 Å². The van der Waals surface area contributed by atoms with E-state index in [0.717, 1.165) is 0 Å². The summed E-state index contributed by atoms with van der Waals surface area (Å²) in [6.07, 6.45) is 1.24. The van der Waals surface area contributed by atoms with Gasteiger partial charge < -0.3 is 9.84 Å². The Morgan fingerprint density at radius 3 is 2.67 bits per heavy atom. The third-order valence-corrected chi connectivity index (χ3v) is 3.28. The normalized spacial score (nSPS) is 11.6. The monoisotopic (exact) mass is 403 g/mol. The van der Waals surface area contributed by atoms with Crippen molar-refractivity contribution in [1.29, 1.82) is 0 Å². The van der Waals surface area contributed by atoms with E-state index in [4.69, 9.17) is 9.84 Å². The first-order valence-corrected chi connectivity index (χ1v) is 7.22. The van der Waals surface area contributed by atoms with Crippen LogP contribution in [0.15, 0.2) is 12.3 Å². The van der Waals surface area contributed by atoms with Gasteiger partial charge in [-0.05, 0) is 49.4 Å². The van der Waals surface area contributed by atoms with Gasteiger partial charge in [0.25, 0.3) is 0 Å². The fourth-order valence-electron chi connectivity index (χ4n) is 1.75. The summed E-state index contributed by atoms with van der Waals surface area (Å²) < 4.78 is 7.24. The van der Waals surface area contributed by atoms with E-state index >= 15 is 0 Å². The first-order chi connectivity index (χ1) is 9.67. The molecule has 0 aliphatic carbocycles. The Hall–Kier alpha value is -1.71. The van der Waals surface area contributed by atoms with E-state index in [9.17, 15) is 9.59 Å². The molecule has 2 heterocycles. The van der Waals surface area contributed by atoms with Crippen molar-refractivity contribution in [1.82, 2.24) is 14.8 Å².